The molecule has 0 spiro atoms. The van der Waals surface area contributed by atoms with Crippen LogP contribution in [0.1, 0.15) is 53.9 Å². The molecule has 17 nitrogen and oxygen atoms in total. The lowest BCUT2D eigenvalue weighted by molar-refractivity contribution is -0.344. The van der Waals surface area contributed by atoms with Crippen LogP contribution in [0.3, 0.4) is 0 Å². The van der Waals surface area contributed by atoms with Gasteiger partial charge in [-0.3, -0.25) is 19.8 Å². The first-order valence-corrected chi connectivity index (χ1v) is 14.8. The molecule has 2 heterocycles. The standard InChI is InChI=1S/C29H43NO16/c1-7-11(2)27(38)44-13(4)29(40)12(3)43-18(8-17(29)41-6)46-23-21(33)16(10-42-14(5)31)45-25(22(23)34)28(39)9-15(32)20(30)19(24(28)35)26(36)37/h11-13,16-18,21-23,25,30,33-35,39-40H,7-10H2,1-6H3,(H,36,37)/t11-,12+,13-,16-,17+,18-,21+,22+,23+,25+,28-,29+/m1/s1. The maximum Gasteiger partial charge on any atom is 0.341 e. The van der Waals surface area contributed by atoms with Gasteiger partial charge in [0.15, 0.2) is 23.3 Å². The number of aliphatic carboxylic acids is 1. The summed E-state index contributed by atoms with van der Waals surface area (Å²) in [6, 6.07) is 0. The van der Waals surface area contributed by atoms with Gasteiger partial charge < -0.3 is 59.1 Å². The third kappa shape index (κ3) is 6.96. The maximum absolute atomic E-state index is 12.6. The Morgan fingerprint density at radius 2 is 1.76 bits per heavy atom. The number of methoxy groups -OCH3 is 1. The van der Waals surface area contributed by atoms with Crippen molar-refractivity contribution in [3.63, 3.8) is 0 Å². The highest BCUT2D eigenvalue weighted by Gasteiger charge is 2.61. The van der Waals surface area contributed by atoms with Crippen molar-refractivity contribution in [1.82, 2.24) is 0 Å². The van der Waals surface area contributed by atoms with Crippen LogP contribution in [-0.2, 0) is 47.6 Å². The third-order valence-corrected chi connectivity index (χ3v) is 8.91. The SMILES string of the molecule is CC[C@@H](C)C(=O)O[C@H](C)[C@@]1(O)[C@H](C)O[C@H](O[C@H]2[C@@H](O)[C@@H](COC(C)=O)O[C@H]([C@@]3(O)CC(=O)C(=N)C(C(=O)O)=C3O)[C@H]2O)C[C@@H]1OC. The van der Waals surface area contributed by atoms with Crippen molar-refractivity contribution >= 4 is 29.4 Å². The van der Waals surface area contributed by atoms with Crippen molar-refractivity contribution in [3.8, 4) is 0 Å². The summed E-state index contributed by atoms with van der Waals surface area (Å²) in [5, 5.41) is 73.7. The quantitative estimate of drug-likeness (QED) is 0.130. The van der Waals surface area contributed by atoms with E-state index in [0.29, 0.717) is 6.42 Å². The number of nitrogens with one attached hydrogen (secondary N) is 1. The number of hydrogen-bond acceptors (Lipinski definition) is 16. The molecular weight excluding hydrogens is 618 g/mol. The van der Waals surface area contributed by atoms with Gasteiger partial charge in [-0.15, -0.1) is 0 Å². The molecule has 0 aromatic heterocycles. The molecule has 0 aromatic rings. The van der Waals surface area contributed by atoms with Crippen molar-refractivity contribution in [3.05, 3.63) is 11.3 Å². The van der Waals surface area contributed by atoms with Crippen LogP contribution < -0.4 is 0 Å². The molecule has 2 fully saturated rings. The number of carboxylic acid groups (broad SMARTS) is 1. The highest BCUT2D eigenvalue weighted by atomic mass is 16.7. The van der Waals surface area contributed by atoms with Gasteiger partial charge >= 0.3 is 17.9 Å². The van der Waals surface area contributed by atoms with Crippen LogP contribution in [-0.4, -0.2) is 140 Å². The summed E-state index contributed by atoms with van der Waals surface area (Å²) in [6.45, 7) is 6.81. The monoisotopic (exact) mass is 661 g/mol. The van der Waals surface area contributed by atoms with Gasteiger partial charge in [0.2, 0.25) is 0 Å². The second kappa shape index (κ2) is 14.4. The number of ketones is 1. The Balaban J connectivity index is 1.95. The summed E-state index contributed by atoms with van der Waals surface area (Å²) >= 11 is 0. The zero-order valence-electron chi connectivity index (χ0n) is 26.4. The van der Waals surface area contributed by atoms with Crippen molar-refractivity contribution in [2.75, 3.05) is 13.7 Å². The van der Waals surface area contributed by atoms with Gasteiger partial charge in [0.1, 0.15) is 60.3 Å². The molecule has 3 aliphatic rings. The smallest absolute Gasteiger partial charge is 0.341 e. The minimum absolute atomic E-state index is 0.243. The molecule has 0 unspecified atom stereocenters. The van der Waals surface area contributed by atoms with Crippen LogP contribution >= 0.6 is 0 Å². The number of ether oxygens (including phenoxy) is 6. The molecule has 2 saturated heterocycles. The van der Waals surface area contributed by atoms with E-state index < -0.39 is 126 Å². The molecule has 260 valence electrons. The largest absolute Gasteiger partial charge is 0.508 e. The van der Waals surface area contributed by atoms with Crippen LogP contribution in [0, 0.1) is 11.3 Å². The molecule has 2 aliphatic heterocycles. The van der Waals surface area contributed by atoms with E-state index in [1.807, 2.05) is 0 Å². The van der Waals surface area contributed by atoms with Gasteiger partial charge in [0.25, 0.3) is 0 Å². The zero-order chi connectivity index (χ0) is 34.9. The molecule has 17 heteroatoms. The Hall–Kier alpha value is -3.03. The minimum atomic E-state index is -2.92. The minimum Gasteiger partial charge on any atom is -0.508 e. The fraction of sp³-hybridized carbons (Fsp3) is 0.759. The molecule has 0 aromatic carbocycles. The number of aliphatic hydroxyl groups is 5. The Labute approximate surface area is 264 Å². The van der Waals surface area contributed by atoms with E-state index in [0.717, 1.165) is 6.92 Å². The maximum atomic E-state index is 12.6. The van der Waals surface area contributed by atoms with Crippen molar-refractivity contribution in [2.45, 2.75) is 120 Å². The summed E-state index contributed by atoms with van der Waals surface area (Å²) in [7, 11) is 1.29. The number of hydrogen-bond donors (Lipinski definition) is 7. The summed E-state index contributed by atoms with van der Waals surface area (Å²) in [6.07, 6.45) is -14.8. The molecule has 0 saturated carbocycles. The Bertz CT molecular complexity index is 1240. The lowest BCUT2D eigenvalue weighted by Crippen LogP contribution is -2.69. The van der Waals surface area contributed by atoms with Gasteiger partial charge in [0.05, 0.1) is 24.5 Å². The van der Waals surface area contributed by atoms with E-state index in [-0.39, 0.29) is 6.42 Å². The molecule has 1 aliphatic carbocycles. The molecule has 12 atom stereocenters. The van der Waals surface area contributed by atoms with E-state index in [1.54, 1.807) is 13.8 Å². The van der Waals surface area contributed by atoms with E-state index >= 15 is 0 Å². The van der Waals surface area contributed by atoms with Crippen LogP contribution in [0.2, 0.25) is 0 Å². The first-order chi connectivity index (χ1) is 21.3. The van der Waals surface area contributed by atoms with Gasteiger partial charge in [-0.1, -0.05) is 13.8 Å². The van der Waals surface area contributed by atoms with E-state index in [2.05, 4.69) is 0 Å². The summed E-state index contributed by atoms with van der Waals surface area (Å²) in [5.74, 6) is -6.21. The molecule has 0 bridgehead atoms. The molecule has 0 amide bonds. The Morgan fingerprint density at radius 1 is 1.13 bits per heavy atom. The Kier molecular flexibility index (Phi) is 11.7. The van der Waals surface area contributed by atoms with E-state index in [9.17, 15) is 49.8 Å². The lowest BCUT2D eigenvalue weighted by Gasteiger charge is -2.51. The Morgan fingerprint density at radius 3 is 2.30 bits per heavy atom. The fourth-order valence-corrected chi connectivity index (χ4v) is 5.87. The summed E-state index contributed by atoms with van der Waals surface area (Å²) < 4.78 is 33.4. The number of carbonyl (C=O) groups excluding carboxylic acids is 3. The number of rotatable bonds is 11. The third-order valence-electron chi connectivity index (χ3n) is 8.91. The van der Waals surface area contributed by atoms with Crippen LogP contribution in [0.15, 0.2) is 11.3 Å². The summed E-state index contributed by atoms with van der Waals surface area (Å²) in [5.41, 5.74) is -7.10. The van der Waals surface area contributed by atoms with Crippen LogP contribution in [0.5, 0.6) is 0 Å². The van der Waals surface area contributed by atoms with Gasteiger partial charge in [-0.2, -0.15) is 0 Å². The number of carbonyl (C=O) groups is 4. The van der Waals surface area contributed by atoms with E-state index in [4.69, 9.17) is 33.8 Å². The lowest BCUT2D eigenvalue weighted by atomic mass is 9.74. The fourth-order valence-electron chi connectivity index (χ4n) is 5.87. The van der Waals surface area contributed by atoms with Crippen LogP contribution in [0.25, 0.3) is 0 Å². The molecule has 46 heavy (non-hydrogen) atoms. The van der Waals surface area contributed by atoms with Gasteiger partial charge in [0, 0.05) is 20.5 Å². The van der Waals surface area contributed by atoms with Crippen molar-refractivity contribution in [1.29, 1.82) is 5.41 Å². The first-order valence-electron chi connectivity index (χ1n) is 14.8. The van der Waals surface area contributed by atoms with Crippen molar-refractivity contribution < 1.29 is 78.2 Å². The average Bonchev–Trinajstić information content (AvgIpc) is 2.98. The zero-order valence-corrected chi connectivity index (χ0v) is 26.4. The number of aliphatic hydroxyl groups excluding tert-OH is 3. The molecule has 0 radical (unpaired) electrons. The second-order valence-electron chi connectivity index (χ2n) is 11.9. The van der Waals surface area contributed by atoms with Gasteiger partial charge in [-0.05, 0) is 20.3 Å². The average molecular weight is 662 g/mol. The number of esters is 2. The predicted molar refractivity (Wildman–Crippen MR) is 151 cm³/mol. The van der Waals surface area contributed by atoms with Crippen LogP contribution in [0.4, 0.5) is 0 Å². The van der Waals surface area contributed by atoms with Crippen molar-refractivity contribution in [2.24, 2.45) is 5.92 Å². The molecular formula is C29H43NO16. The second-order valence-corrected chi connectivity index (χ2v) is 11.9. The number of Topliss-reactive ketones (excluding diaryl/α,β-unsaturated/α-hetero) is 1. The normalized spacial score (nSPS) is 38.2. The number of carboxylic acids is 1. The topological polar surface area (TPSA) is 269 Å². The molecule has 3 rings (SSSR count). The van der Waals surface area contributed by atoms with Gasteiger partial charge in [-0.25, -0.2) is 4.79 Å². The highest BCUT2D eigenvalue weighted by Crippen LogP contribution is 2.41. The highest BCUT2D eigenvalue weighted by molar-refractivity contribution is 6.51. The van der Waals surface area contributed by atoms with E-state index in [1.165, 1.54) is 21.0 Å². The first kappa shape index (κ1) is 37.4. The molecule has 7 N–H and O–H groups in total. The summed E-state index contributed by atoms with van der Waals surface area (Å²) in [4.78, 5) is 48.3. The predicted octanol–water partition coefficient (Wildman–Crippen LogP) is -1.10.